The van der Waals surface area contributed by atoms with Crippen LogP contribution < -0.4 is 18.9 Å². The molecule has 0 atom stereocenters. The molecule has 0 unspecified atom stereocenters. The third kappa shape index (κ3) is 2.36. The molecule has 0 spiro atoms. The van der Waals surface area contributed by atoms with Crippen LogP contribution >= 0.6 is 0 Å². The topological polar surface area (TPSA) is 119 Å². The molecule has 9 heteroatoms. The van der Waals surface area contributed by atoms with Gasteiger partial charge in [-0.1, -0.05) is 0 Å². The molecule has 0 bridgehead atoms. The van der Waals surface area contributed by atoms with Crippen molar-refractivity contribution < 1.29 is 33.6 Å². The number of phenolic OH excluding ortho intramolecular Hbond substituents is 1. The lowest BCUT2D eigenvalue weighted by Gasteiger charge is -2.12. The van der Waals surface area contributed by atoms with Gasteiger partial charge in [-0.3, -0.25) is 0 Å². The highest BCUT2D eigenvalue weighted by Gasteiger charge is 2.29. The first kappa shape index (κ1) is 16.4. The van der Waals surface area contributed by atoms with Gasteiger partial charge in [-0.15, -0.1) is 0 Å². The van der Waals surface area contributed by atoms with Crippen LogP contribution in [0.15, 0.2) is 24.3 Å². The molecule has 0 fully saturated rings. The van der Waals surface area contributed by atoms with Gasteiger partial charge in [-0.25, -0.2) is 4.79 Å². The van der Waals surface area contributed by atoms with Crippen LogP contribution in [0.3, 0.4) is 0 Å². The Morgan fingerprint density at radius 3 is 2.16 bits per heavy atom. The summed E-state index contributed by atoms with van der Waals surface area (Å²) in [5.41, 5.74) is -0.239. The summed E-state index contributed by atoms with van der Waals surface area (Å²) in [6.07, 6.45) is 0. The molecule has 2 aromatic carbocycles. The van der Waals surface area contributed by atoms with Crippen molar-refractivity contribution in [1.29, 1.82) is 0 Å². The molecule has 9 nitrogen and oxygen atoms in total. The number of aromatic hydroxyl groups is 1. The number of rotatable bonds is 3. The second-order valence-electron chi connectivity index (χ2n) is 5.14. The molecule has 0 aliphatic carbocycles. The average Bonchev–Trinajstić information content (AvgIpc) is 2.63. The highest BCUT2D eigenvalue weighted by Crippen LogP contribution is 2.31. The Morgan fingerprint density at radius 2 is 1.56 bits per heavy atom. The van der Waals surface area contributed by atoms with Crippen molar-refractivity contribution in [3.8, 4) is 17.2 Å². The number of esters is 1. The predicted octanol–water partition coefficient (Wildman–Crippen LogP) is 0.769. The summed E-state index contributed by atoms with van der Waals surface area (Å²) in [5.74, 6) is -0.904. The standard InChI is InChI=1S/C16H14N2O7/c1-23-13-7-10-9(6-12(13)19)17(21)11-4-8(16(20)25-3)5-14(24-2)15(11)18(10)22/h4-7,19H,1-3H3. The smallest absolute Gasteiger partial charge is 0.338 e. The summed E-state index contributed by atoms with van der Waals surface area (Å²) in [7, 11) is 3.83. The third-order valence-electron chi connectivity index (χ3n) is 3.83. The van der Waals surface area contributed by atoms with Gasteiger partial charge < -0.3 is 29.7 Å². The van der Waals surface area contributed by atoms with Gasteiger partial charge in [0.25, 0.3) is 16.6 Å². The Morgan fingerprint density at radius 1 is 0.920 bits per heavy atom. The van der Waals surface area contributed by atoms with Gasteiger partial charge in [0, 0.05) is 12.1 Å². The van der Waals surface area contributed by atoms with Gasteiger partial charge in [-0.2, -0.15) is 9.46 Å². The first-order valence-electron chi connectivity index (χ1n) is 7.08. The minimum Gasteiger partial charge on any atom is -0.617 e. The molecular weight excluding hydrogens is 332 g/mol. The summed E-state index contributed by atoms with van der Waals surface area (Å²) >= 11 is 0. The Kier molecular flexibility index (Phi) is 3.84. The van der Waals surface area contributed by atoms with E-state index in [9.17, 15) is 20.3 Å². The average molecular weight is 346 g/mol. The summed E-state index contributed by atoms with van der Waals surface area (Å²) in [4.78, 5) is 11.8. The lowest BCUT2D eigenvalue weighted by atomic mass is 10.1. The molecule has 0 amide bonds. The molecule has 1 heterocycles. The summed E-state index contributed by atoms with van der Waals surface area (Å²) < 4.78 is 15.7. The molecule has 0 saturated heterocycles. The molecule has 0 radical (unpaired) electrons. The lowest BCUT2D eigenvalue weighted by molar-refractivity contribution is -0.591. The number of phenols is 1. The van der Waals surface area contributed by atoms with E-state index in [2.05, 4.69) is 4.74 Å². The zero-order valence-corrected chi connectivity index (χ0v) is 13.6. The zero-order chi connectivity index (χ0) is 18.3. The number of hydrogen-bond acceptors (Lipinski definition) is 7. The van der Waals surface area contributed by atoms with E-state index in [1.54, 1.807) is 0 Å². The van der Waals surface area contributed by atoms with Crippen molar-refractivity contribution in [2.45, 2.75) is 0 Å². The fourth-order valence-corrected chi connectivity index (χ4v) is 2.63. The SMILES string of the molecule is COC(=O)c1cc(OC)c2c(c1)[n+]([O-])c1cc(O)c(OC)cc1[n+]2[O-]. The fraction of sp³-hybridized carbons (Fsp3) is 0.188. The van der Waals surface area contributed by atoms with Crippen LogP contribution in [0.5, 0.6) is 17.2 Å². The summed E-state index contributed by atoms with van der Waals surface area (Å²) in [6, 6.07) is 4.91. The molecule has 1 aromatic heterocycles. The lowest BCUT2D eigenvalue weighted by Crippen LogP contribution is -2.39. The molecule has 0 aliphatic rings. The number of hydrogen-bond donors (Lipinski definition) is 1. The third-order valence-corrected chi connectivity index (χ3v) is 3.83. The number of carbonyl (C=O) groups excluding carboxylic acids is 1. The van der Waals surface area contributed by atoms with E-state index in [1.807, 2.05) is 0 Å². The van der Waals surface area contributed by atoms with Crippen molar-refractivity contribution in [3.05, 3.63) is 40.2 Å². The summed E-state index contributed by atoms with van der Waals surface area (Å²) in [6.45, 7) is 0. The van der Waals surface area contributed by atoms with Gasteiger partial charge >= 0.3 is 11.5 Å². The van der Waals surface area contributed by atoms with E-state index in [0.717, 1.165) is 6.07 Å². The zero-order valence-electron chi connectivity index (χ0n) is 13.6. The molecule has 3 aromatic rings. The second-order valence-corrected chi connectivity index (χ2v) is 5.14. The highest BCUT2D eigenvalue weighted by molar-refractivity contribution is 5.95. The molecule has 130 valence electrons. The molecule has 3 rings (SSSR count). The van der Waals surface area contributed by atoms with E-state index in [1.165, 1.54) is 39.5 Å². The van der Waals surface area contributed by atoms with Crippen LogP contribution in [-0.2, 0) is 4.74 Å². The molecule has 25 heavy (non-hydrogen) atoms. The van der Waals surface area contributed by atoms with Crippen LogP contribution in [0, 0.1) is 10.4 Å². The maximum absolute atomic E-state index is 12.8. The van der Waals surface area contributed by atoms with Crippen LogP contribution in [0.1, 0.15) is 10.4 Å². The van der Waals surface area contributed by atoms with Gasteiger partial charge in [0.15, 0.2) is 17.2 Å². The van der Waals surface area contributed by atoms with E-state index >= 15 is 0 Å². The Balaban J connectivity index is 2.51. The van der Waals surface area contributed by atoms with Gasteiger partial charge in [0.05, 0.1) is 39.0 Å². The van der Waals surface area contributed by atoms with Crippen LogP contribution in [-0.4, -0.2) is 32.4 Å². The monoisotopic (exact) mass is 346 g/mol. The number of methoxy groups -OCH3 is 3. The van der Waals surface area contributed by atoms with Crippen molar-refractivity contribution in [3.63, 3.8) is 0 Å². The first-order valence-corrected chi connectivity index (χ1v) is 7.08. The van der Waals surface area contributed by atoms with Gasteiger partial charge in [0.2, 0.25) is 0 Å². The number of fused-ring (bicyclic) bond motifs is 2. The Hall–Kier alpha value is -3.49. The quantitative estimate of drug-likeness (QED) is 0.322. The Labute approximate surface area is 141 Å². The van der Waals surface area contributed by atoms with E-state index in [0.29, 0.717) is 9.46 Å². The molecule has 0 saturated carbocycles. The largest absolute Gasteiger partial charge is 0.617 e. The predicted molar refractivity (Wildman–Crippen MR) is 85.5 cm³/mol. The highest BCUT2D eigenvalue weighted by atomic mass is 16.5. The van der Waals surface area contributed by atoms with Gasteiger partial charge in [-0.05, 0) is 0 Å². The minimum absolute atomic E-state index is 0.0266. The fourth-order valence-electron chi connectivity index (χ4n) is 2.63. The molecular formula is C16H14N2O7. The number of aromatic nitrogens is 2. The van der Waals surface area contributed by atoms with Crippen LogP contribution in [0.2, 0.25) is 0 Å². The van der Waals surface area contributed by atoms with E-state index < -0.39 is 5.97 Å². The first-order chi connectivity index (χ1) is 11.9. The number of carbonyl (C=O) groups is 1. The van der Waals surface area contributed by atoms with Crippen molar-refractivity contribution in [1.82, 2.24) is 0 Å². The van der Waals surface area contributed by atoms with E-state index in [-0.39, 0.29) is 44.9 Å². The maximum atomic E-state index is 12.8. The molecule has 0 aliphatic heterocycles. The Bertz CT molecular complexity index is 1020. The maximum Gasteiger partial charge on any atom is 0.338 e. The van der Waals surface area contributed by atoms with Crippen molar-refractivity contribution in [2.24, 2.45) is 0 Å². The minimum atomic E-state index is -0.685. The van der Waals surface area contributed by atoms with Crippen molar-refractivity contribution in [2.75, 3.05) is 21.3 Å². The number of nitrogens with zero attached hydrogens (tertiary/aromatic N) is 2. The molecule has 1 N–H and O–H groups in total. The number of benzene rings is 2. The van der Waals surface area contributed by atoms with E-state index in [4.69, 9.17) is 9.47 Å². The van der Waals surface area contributed by atoms with Crippen molar-refractivity contribution >= 4 is 28.0 Å². The number of ether oxygens (including phenoxy) is 3. The van der Waals surface area contributed by atoms with Crippen LogP contribution in [0.25, 0.3) is 22.1 Å². The second kappa shape index (κ2) is 5.86. The normalized spacial score (nSPS) is 10.8. The van der Waals surface area contributed by atoms with Crippen LogP contribution in [0.4, 0.5) is 0 Å². The summed E-state index contributed by atoms with van der Waals surface area (Å²) in [5, 5.41) is 35.4. The van der Waals surface area contributed by atoms with Gasteiger partial charge in [0.1, 0.15) is 0 Å².